The zero-order valence-electron chi connectivity index (χ0n) is 11.8. The summed E-state index contributed by atoms with van der Waals surface area (Å²) in [7, 11) is 0. The molecule has 20 heavy (non-hydrogen) atoms. The molecule has 0 amide bonds. The highest BCUT2D eigenvalue weighted by Crippen LogP contribution is 2.35. The van der Waals surface area contributed by atoms with E-state index in [0.717, 1.165) is 16.6 Å². The molecule has 3 nitrogen and oxygen atoms in total. The van der Waals surface area contributed by atoms with Crippen LogP contribution in [0.1, 0.15) is 25.8 Å². The number of benzene rings is 1. The zero-order valence-corrected chi connectivity index (χ0v) is 13.4. The second kappa shape index (κ2) is 5.24. The van der Waals surface area contributed by atoms with E-state index in [0.29, 0.717) is 0 Å². The molecule has 2 heterocycles. The molecule has 0 aliphatic carbocycles. The van der Waals surface area contributed by atoms with Gasteiger partial charge in [0.15, 0.2) is 0 Å². The van der Waals surface area contributed by atoms with E-state index in [4.69, 9.17) is 0 Å². The molecule has 0 saturated heterocycles. The van der Waals surface area contributed by atoms with Gasteiger partial charge in [-0.2, -0.15) is 0 Å². The Morgan fingerprint density at radius 3 is 2.75 bits per heavy atom. The van der Waals surface area contributed by atoms with E-state index < -0.39 is 0 Å². The van der Waals surface area contributed by atoms with Gasteiger partial charge < -0.3 is 5.32 Å². The number of hydrogen-bond donors (Lipinski definition) is 1. The topological polar surface area (TPSA) is 37.8 Å². The number of nitrogens with one attached hydrogen (secondary N) is 1. The van der Waals surface area contributed by atoms with Crippen LogP contribution in [-0.2, 0) is 6.54 Å². The summed E-state index contributed by atoms with van der Waals surface area (Å²) in [6.45, 7) is 7.23. The van der Waals surface area contributed by atoms with Crippen molar-refractivity contribution in [3.63, 3.8) is 0 Å². The quantitative estimate of drug-likeness (QED) is 0.783. The highest BCUT2D eigenvalue weighted by atomic mass is 32.1. The summed E-state index contributed by atoms with van der Waals surface area (Å²) in [6, 6.07) is 8.44. The van der Waals surface area contributed by atoms with Gasteiger partial charge in [0, 0.05) is 26.6 Å². The standard InChI is InChI=1S/C15H17N3S2/c1-15(2,3)16-8-13-17-18-14(20-13)11-9-19-12-7-5-4-6-10(11)12/h4-7,9,16H,8H2,1-3H3. The van der Waals surface area contributed by atoms with Crippen LogP contribution in [0.2, 0.25) is 0 Å². The van der Waals surface area contributed by atoms with Crippen molar-refractivity contribution in [1.29, 1.82) is 0 Å². The lowest BCUT2D eigenvalue weighted by Crippen LogP contribution is -2.35. The summed E-state index contributed by atoms with van der Waals surface area (Å²) in [5.74, 6) is 0. The monoisotopic (exact) mass is 303 g/mol. The molecule has 0 spiro atoms. The highest BCUT2D eigenvalue weighted by Gasteiger charge is 2.14. The van der Waals surface area contributed by atoms with Gasteiger partial charge in [0.25, 0.3) is 0 Å². The molecule has 5 heteroatoms. The molecule has 0 aliphatic rings. The molecule has 1 N–H and O–H groups in total. The predicted octanol–water partition coefficient (Wildman–Crippen LogP) is 4.31. The highest BCUT2D eigenvalue weighted by molar-refractivity contribution is 7.19. The molecule has 0 atom stereocenters. The Hall–Kier alpha value is -1.30. The van der Waals surface area contributed by atoms with Gasteiger partial charge in [-0.25, -0.2) is 0 Å². The Balaban J connectivity index is 1.86. The smallest absolute Gasteiger partial charge is 0.149 e. The summed E-state index contributed by atoms with van der Waals surface area (Å²) in [5, 5.41) is 17.6. The van der Waals surface area contributed by atoms with Crippen LogP contribution >= 0.6 is 22.7 Å². The van der Waals surface area contributed by atoms with Gasteiger partial charge in [0.05, 0.1) is 6.54 Å². The largest absolute Gasteiger partial charge is 0.306 e. The fourth-order valence-electron chi connectivity index (χ4n) is 1.92. The average molecular weight is 303 g/mol. The number of fused-ring (bicyclic) bond motifs is 1. The van der Waals surface area contributed by atoms with Gasteiger partial charge in [-0.1, -0.05) is 29.5 Å². The molecule has 0 fully saturated rings. The summed E-state index contributed by atoms with van der Waals surface area (Å²) in [6.07, 6.45) is 0. The summed E-state index contributed by atoms with van der Waals surface area (Å²) in [5.41, 5.74) is 1.30. The Morgan fingerprint density at radius 1 is 1.15 bits per heavy atom. The first-order chi connectivity index (χ1) is 9.53. The van der Waals surface area contributed by atoms with Crippen molar-refractivity contribution in [2.24, 2.45) is 0 Å². The van der Waals surface area contributed by atoms with Crippen molar-refractivity contribution in [2.45, 2.75) is 32.9 Å². The predicted molar refractivity (Wildman–Crippen MR) is 87.3 cm³/mol. The van der Waals surface area contributed by atoms with Crippen LogP contribution in [0.3, 0.4) is 0 Å². The second-order valence-electron chi connectivity index (χ2n) is 5.75. The van der Waals surface area contributed by atoms with E-state index in [1.165, 1.54) is 15.6 Å². The van der Waals surface area contributed by atoms with Crippen LogP contribution in [0.15, 0.2) is 29.6 Å². The fraction of sp³-hybridized carbons (Fsp3) is 0.333. The maximum Gasteiger partial charge on any atom is 0.149 e. The minimum absolute atomic E-state index is 0.0981. The minimum Gasteiger partial charge on any atom is -0.306 e. The SMILES string of the molecule is CC(C)(C)NCc1nnc(-c2csc3ccccc23)s1. The lowest BCUT2D eigenvalue weighted by atomic mass is 10.1. The number of rotatable bonds is 3. The maximum atomic E-state index is 4.34. The van der Waals surface area contributed by atoms with Crippen molar-refractivity contribution in [1.82, 2.24) is 15.5 Å². The number of aromatic nitrogens is 2. The lowest BCUT2D eigenvalue weighted by molar-refractivity contribution is 0.423. The molecular weight excluding hydrogens is 286 g/mol. The number of thiophene rings is 1. The van der Waals surface area contributed by atoms with E-state index in [2.05, 4.69) is 65.9 Å². The van der Waals surface area contributed by atoms with Gasteiger partial charge in [0.2, 0.25) is 0 Å². The molecule has 0 radical (unpaired) electrons. The maximum absolute atomic E-state index is 4.34. The summed E-state index contributed by atoms with van der Waals surface area (Å²) >= 11 is 3.43. The first-order valence-electron chi connectivity index (χ1n) is 6.57. The summed E-state index contributed by atoms with van der Waals surface area (Å²) in [4.78, 5) is 0. The molecule has 3 rings (SSSR count). The van der Waals surface area contributed by atoms with Crippen molar-refractivity contribution in [2.75, 3.05) is 0 Å². The molecular formula is C15H17N3S2. The average Bonchev–Trinajstić information content (AvgIpc) is 3.01. The Bertz CT molecular complexity index is 722. The number of nitrogens with zero attached hydrogens (tertiary/aromatic N) is 2. The molecule has 0 unspecified atom stereocenters. The molecule has 1 aromatic carbocycles. The van der Waals surface area contributed by atoms with Crippen LogP contribution in [-0.4, -0.2) is 15.7 Å². The fourth-order valence-corrected chi connectivity index (χ4v) is 3.75. The van der Waals surface area contributed by atoms with Gasteiger partial charge in [-0.3, -0.25) is 0 Å². The van der Waals surface area contributed by atoms with E-state index in [-0.39, 0.29) is 5.54 Å². The van der Waals surface area contributed by atoms with Crippen LogP contribution in [0.5, 0.6) is 0 Å². The third-order valence-electron chi connectivity index (χ3n) is 2.95. The molecule has 0 aliphatic heterocycles. The van der Waals surface area contributed by atoms with Crippen LogP contribution in [0.4, 0.5) is 0 Å². The van der Waals surface area contributed by atoms with E-state index in [1.54, 1.807) is 22.7 Å². The van der Waals surface area contributed by atoms with Crippen molar-refractivity contribution in [3.8, 4) is 10.6 Å². The molecule has 0 bridgehead atoms. The number of hydrogen-bond acceptors (Lipinski definition) is 5. The summed E-state index contributed by atoms with van der Waals surface area (Å²) < 4.78 is 1.30. The van der Waals surface area contributed by atoms with Gasteiger partial charge in [-0.05, 0) is 26.8 Å². The molecule has 3 aromatic rings. The van der Waals surface area contributed by atoms with Crippen molar-refractivity contribution < 1.29 is 0 Å². The third kappa shape index (κ3) is 2.90. The van der Waals surface area contributed by atoms with Crippen LogP contribution in [0, 0.1) is 0 Å². The molecule has 104 valence electrons. The van der Waals surface area contributed by atoms with E-state index >= 15 is 0 Å². The first kappa shape index (κ1) is 13.7. The Kier molecular flexibility index (Phi) is 3.58. The van der Waals surface area contributed by atoms with Gasteiger partial charge in [-0.15, -0.1) is 21.5 Å². The van der Waals surface area contributed by atoms with Crippen LogP contribution in [0.25, 0.3) is 20.7 Å². The molecule has 0 saturated carbocycles. The lowest BCUT2D eigenvalue weighted by Gasteiger charge is -2.19. The minimum atomic E-state index is 0.0981. The van der Waals surface area contributed by atoms with Gasteiger partial charge in [0.1, 0.15) is 10.0 Å². The Labute approximate surface area is 126 Å². The van der Waals surface area contributed by atoms with E-state index in [9.17, 15) is 0 Å². The Morgan fingerprint density at radius 2 is 1.95 bits per heavy atom. The normalized spacial score (nSPS) is 12.2. The first-order valence-corrected chi connectivity index (χ1v) is 8.26. The third-order valence-corrected chi connectivity index (χ3v) is 4.87. The van der Waals surface area contributed by atoms with Gasteiger partial charge >= 0.3 is 0 Å². The van der Waals surface area contributed by atoms with Crippen molar-refractivity contribution in [3.05, 3.63) is 34.7 Å². The van der Waals surface area contributed by atoms with Crippen LogP contribution < -0.4 is 5.32 Å². The second-order valence-corrected chi connectivity index (χ2v) is 7.72. The van der Waals surface area contributed by atoms with E-state index in [1.807, 2.05) is 0 Å². The van der Waals surface area contributed by atoms with Crippen molar-refractivity contribution >= 4 is 32.8 Å². The molecule has 2 aromatic heterocycles. The zero-order chi connectivity index (χ0) is 14.2.